The molecule has 0 saturated carbocycles. The Morgan fingerprint density at radius 1 is 1.00 bits per heavy atom. The first kappa shape index (κ1) is 22.0. The molecule has 2 rings (SSSR count). The summed E-state index contributed by atoms with van der Waals surface area (Å²) in [6, 6.07) is 7.45. The van der Waals surface area contributed by atoms with Crippen LogP contribution in [0.25, 0.3) is 0 Å². The van der Waals surface area contributed by atoms with Crippen LogP contribution in [-0.4, -0.2) is 37.4 Å². The van der Waals surface area contributed by atoms with Crippen LogP contribution >= 0.6 is 0 Å². The van der Waals surface area contributed by atoms with Gasteiger partial charge in [0.25, 0.3) is 5.91 Å². The Hall–Kier alpha value is -3.29. The number of esters is 1. The summed E-state index contributed by atoms with van der Waals surface area (Å²) < 4.78 is 36.5. The van der Waals surface area contributed by atoms with Crippen molar-refractivity contribution in [2.45, 2.75) is 19.9 Å². The second-order valence-electron chi connectivity index (χ2n) is 6.58. The van der Waals surface area contributed by atoms with Gasteiger partial charge in [0.2, 0.25) is 0 Å². The number of halogens is 2. The summed E-state index contributed by atoms with van der Waals surface area (Å²) in [5.41, 5.74) is 0.196. The number of ketones is 1. The SMILES string of the molecule is COc1ccc(C(=O)COC(=O)[C@@H](NC(=O)c2ccc(F)cc2)C(C)C)cc1F. The molecular weight excluding hydrogens is 384 g/mol. The molecule has 0 saturated heterocycles. The van der Waals surface area contributed by atoms with E-state index in [0.29, 0.717) is 0 Å². The first-order chi connectivity index (χ1) is 13.7. The third-order valence-corrected chi connectivity index (χ3v) is 4.13. The number of carbonyl (C=O) groups excluding carboxylic acids is 3. The Labute approximate surface area is 166 Å². The number of hydrogen-bond donors (Lipinski definition) is 1. The monoisotopic (exact) mass is 405 g/mol. The van der Waals surface area contributed by atoms with Gasteiger partial charge in [0, 0.05) is 11.1 Å². The average Bonchev–Trinajstić information content (AvgIpc) is 2.69. The van der Waals surface area contributed by atoms with Crippen LogP contribution in [0.5, 0.6) is 5.75 Å². The van der Waals surface area contributed by atoms with Crippen LogP contribution in [0.2, 0.25) is 0 Å². The quantitative estimate of drug-likeness (QED) is 0.539. The summed E-state index contributed by atoms with van der Waals surface area (Å²) in [6.07, 6.45) is 0. The predicted molar refractivity (Wildman–Crippen MR) is 101 cm³/mol. The van der Waals surface area contributed by atoms with E-state index in [1.54, 1.807) is 13.8 Å². The fraction of sp³-hybridized carbons (Fsp3) is 0.286. The molecule has 0 aliphatic rings. The number of carbonyl (C=O) groups is 3. The molecule has 0 bridgehead atoms. The molecule has 8 heteroatoms. The van der Waals surface area contributed by atoms with Gasteiger partial charge in [0.1, 0.15) is 11.9 Å². The van der Waals surface area contributed by atoms with Crippen LogP contribution in [-0.2, 0) is 9.53 Å². The number of Topliss-reactive ketones (excluding diaryl/α,β-unsaturated/α-hetero) is 1. The van der Waals surface area contributed by atoms with Crippen molar-refractivity contribution in [3.05, 3.63) is 65.2 Å². The first-order valence-electron chi connectivity index (χ1n) is 8.82. The minimum absolute atomic E-state index is 0.0121. The number of benzene rings is 2. The summed E-state index contributed by atoms with van der Waals surface area (Å²) in [6.45, 7) is 2.77. The van der Waals surface area contributed by atoms with Gasteiger partial charge in [-0.2, -0.15) is 0 Å². The van der Waals surface area contributed by atoms with Gasteiger partial charge in [0.05, 0.1) is 7.11 Å². The average molecular weight is 405 g/mol. The topological polar surface area (TPSA) is 81.7 Å². The van der Waals surface area contributed by atoms with Gasteiger partial charge in [-0.05, 0) is 48.4 Å². The molecule has 2 aromatic rings. The van der Waals surface area contributed by atoms with Crippen molar-refractivity contribution in [3.8, 4) is 5.75 Å². The first-order valence-corrected chi connectivity index (χ1v) is 8.82. The molecule has 0 aliphatic carbocycles. The maximum absolute atomic E-state index is 13.7. The van der Waals surface area contributed by atoms with E-state index in [2.05, 4.69) is 5.32 Å². The van der Waals surface area contributed by atoms with Gasteiger partial charge in [-0.3, -0.25) is 9.59 Å². The lowest BCUT2D eigenvalue weighted by Gasteiger charge is -2.20. The van der Waals surface area contributed by atoms with Gasteiger partial charge < -0.3 is 14.8 Å². The van der Waals surface area contributed by atoms with Crippen molar-refractivity contribution in [1.29, 1.82) is 0 Å². The third kappa shape index (κ3) is 5.84. The minimum Gasteiger partial charge on any atom is -0.494 e. The summed E-state index contributed by atoms with van der Waals surface area (Å²) in [5, 5.41) is 2.52. The van der Waals surface area contributed by atoms with E-state index >= 15 is 0 Å². The smallest absolute Gasteiger partial charge is 0.329 e. The zero-order valence-electron chi connectivity index (χ0n) is 16.2. The molecule has 1 amide bonds. The van der Waals surface area contributed by atoms with Crippen LogP contribution < -0.4 is 10.1 Å². The number of nitrogens with one attached hydrogen (secondary N) is 1. The zero-order valence-corrected chi connectivity index (χ0v) is 16.2. The largest absolute Gasteiger partial charge is 0.494 e. The van der Waals surface area contributed by atoms with E-state index in [1.807, 2.05) is 0 Å². The van der Waals surface area contributed by atoms with Crippen LogP contribution in [0.1, 0.15) is 34.6 Å². The van der Waals surface area contributed by atoms with Crippen LogP contribution in [0.15, 0.2) is 42.5 Å². The van der Waals surface area contributed by atoms with Crippen LogP contribution in [0.3, 0.4) is 0 Å². The van der Waals surface area contributed by atoms with Gasteiger partial charge in [-0.25, -0.2) is 13.6 Å². The fourth-order valence-corrected chi connectivity index (χ4v) is 2.47. The van der Waals surface area contributed by atoms with Crippen molar-refractivity contribution >= 4 is 17.7 Å². The number of ether oxygens (including phenoxy) is 2. The fourth-order valence-electron chi connectivity index (χ4n) is 2.47. The molecule has 1 atom stereocenters. The molecule has 0 fully saturated rings. The highest BCUT2D eigenvalue weighted by Gasteiger charge is 2.27. The second kappa shape index (κ2) is 9.77. The van der Waals surface area contributed by atoms with Crippen molar-refractivity contribution in [1.82, 2.24) is 5.32 Å². The zero-order chi connectivity index (χ0) is 21.6. The highest BCUT2D eigenvalue weighted by Crippen LogP contribution is 2.18. The second-order valence-corrected chi connectivity index (χ2v) is 6.58. The highest BCUT2D eigenvalue weighted by atomic mass is 19.1. The molecule has 2 aromatic carbocycles. The van der Waals surface area contributed by atoms with Crippen molar-refractivity contribution < 1.29 is 32.6 Å². The number of rotatable bonds is 8. The van der Waals surface area contributed by atoms with Gasteiger partial charge in [0.15, 0.2) is 24.0 Å². The van der Waals surface area contributed by atoms with Crippen molar-refractivity contribution in [2.24, 2.45) is 5.92 Å². The summed E-state index contributed by atoms with van der Waals surface area (Å²) >= 11 is 0. The van der Waals surface area contributed by atoms with Gasteiger partial charge in [-0.1, -0.05) is 13.8 Å². The molecule has 0 radical (unpaired) electrons. The lowest BCUT2D eigenvalue weighted by Crippen LogP contribution is -2.45. The number of hydrogen-bond acceptors (Lipinski definition) is 5. The van der Waals surface area contributed by atoms with Gasteiger partial charge >= 0.3 is 5.97 Å². The summed E-state index contributed by atoms with van der Waals surface area (Å²) in [7, 11) is 1.30. The third-order valence-electron chi connectivity index (χ3n) is 4.13. The Morgan fingerprint density at radius 3 is 2.17 bits per heavy atom. The lowest BCUT2D eigenvalue weighted by atomic mass is 10.0. The van der Waals surface area contributed by atoms with E-state index < -0.39 is 41.9 Å². The maximum atomic E-state index is 13.7. The molecule has 6 nitrogen and oxygen atoms in total. The molecule has 1 N–H and O–H groups in total. The summed E-state index contributed by atoms with van der Waals surface area (Å²) in [4.78, 5) is 36.8. The molecule has 0 heterocycles. The minimum atomic E-state index is -1.02. The molecular formula is C21H21F2NO5. The molecule has 0 unspecified atom stereocenters. The standard InChI is InChI=1S/C21H21F2NO5/c1-12(2)19(24-20(26)13-4-7-15(22)8-5-13)21(27)29-11-17(25)14-6-9-18(28-3)16(23)10-14/h4-10,12,19H,11H2,1-3H3,(H,24,26)/t19-/m0/s1. The molecule has 0 aliphatic heterocycles. The highest BCUT2D eigenvalue weighted by molar-refractivity contribution is 5.99. The molecule has 154 valence electrons. The maximum Gasteiger partial charge on any atom is 0.329 e. The lowest BCUT2D eigenvalue weighted by molar-refractivity contribution is -0.145. The van der Waals surface area contributed by atoms with Crippen LogP contribution in [0, 0.1) is 17.6 Å². The molecule has 0 aromatic heterocycles. The van der Waals surface area contributed by atoms with Crippen molar-refractivity contribution in [3.63, 3.8) is 0 Å². The van der Waals surface area contributed by atoms with E-state index in [1.165, 1.54) is 31.4 Å². The van der Waals surface area contributed by atoms with Crippen molar-refractivity contribution in [2.75, 3.05) is 13.7 Å². The number of amides is 1. The Balaban J connectivity index is 2.00. The van der Waals surface area contributed by atoms with E-state index in [4.69, 9.17) is 9.47 Å². The number of methoxy groups -OCH3 is 1. The Morgan fingerprint density at radius 2 is 1.62 bits per heavy atom. The molecule has 29 heavy (non-hydrogen) atoms. The van der Waals surface area contributed by atoms with E-state index in [0.717, 1.165) is 18.2 Å². The predicted octanol–water partition coefficient (Wildman–Crippen LogP) is 3.15. The normalized spacial score (nSPS) is 11.7. The molecule has 0 spiro atoms. The van der Waals surface area contributed by atoms with E-state index in [-0.39, 0.29) is 22.8 Å². The Bertz CT molecular complexity index is 896. The van der Waals surface area contributed by atoms with Gasteiger partial charge in [-0.15, -0.1) is 0 Å². The summed E-state index contributed by atoms with van der Waals surface area (Å²) in [5.74, 6) is -3.54. The van der Waals surface area contributed by atoms with Crippen LogP contribution in [0.4, 0.5) is 8.78 Å². The van der Waals surface area contributed by atoms with E-state index in [9.17, 15) is 23.2 Å². The Kier molecular flexibility index (Phi) is 7.41.